The summed E-state index contributed by atoms with van der Waals surface area (Å²) in [6.45, 7) is 6.21. The van der Waals surface area contributed by atoms with E-state index in [0.29, 0.717) is 5.56 Å². The highest BCUT2D eigenvalue weighted by molar-refractivity contribution is 6.83. The predicted octanol–water partition coefficient (Wildman–Crippen LogP) is 2.37. The standard InChI is InChI=1S/C11H16ClN3O2Si/c1-15(16,17)9-7-14-11(13)8(10(9)12)5-6-18(2,3)4/h7,16H,1-4H3,(H2,13,14). The third-order valence-corrected chi connectivity index (χ3v) is 3.29. The Kier molecular flexibility index (Phi) is 4.05. The predicted molar refractivity (Wildman–Crippen MR) is 76.8 cm³/mol. The van der Waals surface area contributed by atoms with Crippen molar-refractivity contribution in [3.63, 3.8) is 0 Å². The van der Waals surface area contributed by atoms with Crippen molar-refractivity contribution in [2.75, 3.05) is 12.8 Å². The van der Waals surface area contributed by atoms with Crippen molar-refractivity contribution in [2.45, 2.75) is 19.6 Å². The number of nitrogens with two attached hydrogens (primary N) is 1. The Morgan fingerprint density at radius 1 is 1.50 bits per heavy atom. The quantitative estimate of drug-likeness (QED) is 0.359. The molecule has 0 saturated carbocycles. The molecule has 1 unspecified atom stereocenters. The van der Waals surface area contributed by atoms with Crippen molar-refractivity contribution in [3.8, 4) is 11.5 Å². The van der Waals surface area contributed by atoms with Gasteiger partial charge >= 0.3 is 0 Å². The molecule has 18 heavy (non-hydrogen) atoms. The van der Waals surface area contributed by atoms with Gasteiger partial charge in [-0.25, -0.2) is 10.2 Å². The first-order valence-electron chi connectivity index (χ1n) is 5.30. The van der Waals surface area contributed by atoms with Crippen LogP contribution in [0.25, 0.3) is 0 Å². The summed E-state index contributed by atoms with van der Waals surface area (Å²) in [6.07, 6.45) is 1.16. The second-order valence-electron chi connectivity index (χ2n) is 5.10. The number of rotatable bonds is 1. The number of pyridine rings is 1. The van der Waals surface area contributed by atoms with Gasteiger partial charge in [-0.05, 0) is 0 Å². The molecule has 1 heterocycles. The molecule has 0 spiro atoms. The lowest BCUT2D eigenvalue weighted by atomic mass is 10.2. The van der Waals surface area contributed by atoms with Crippen LogP contribution in [0.2, 0.25) is 24.7 Å². The van der Waals surface area contributed by atoms with Gasteiger partial charge < -0.3 is 10.9 Å². The van der Waals surface area contributed by atoms with Crippen LogP contribution < -0.4 is 10.5 Å². The van der Waals surface area contributed by atoms with E-state index in [0.717, 1.165) is 13.2 Å². The zero-order chi connectivity index (χ0) is 14.1. The summed E-state index contributed by atoms with van der Waals surface area (Å²) < 4.78 is 0. The van der Waals surface area contributed by atoms with Gasteiger partial charge in [0.15, 0.2) is 0 Å². The van der Waals surface area contributed by atoms with Crippen LogP contribution >= 0.6 is 11.6 Å². The van der Waals surface area contributed by atoms with Crippen molar-refractivity contribution in [1.29, 1.82) is 0 Å². The SMILES string of the molecule is C[N+]([O-])(O)c1cnc(N)c(C#C[Si](C)(C)C)c1Cl. The fraction of sp³-hybridized carbons (Fsp3) is 0.364. The normalized spacial score (nSPS) is 14.6. The number of quaternary nitrogens is 1. The minimum Gasteiger partial charge on any atom is -0.593 e. The van der Waals surface area contributed by atoms with Crippen LogP contribution in [0.4, 0.5) is 11.5 Å². The molecule has 98 valence electrons. The van der Waals surface area contributed by atoms with E-state index in [9.17, 15) is 10.4 Å². The molecule has 0 saturated heterocycles. The summed E-state index contributed by atoms with van der Waals surface area (Å²) in [5.41, 5.74) is 9.00. The molecule has 0 amide bonds. The van der Waals surface area contributed by atoms with E-state index < -0.39 is 12.9 Å². The number of aromatic nitrogens is 1. The number of hydrogen-bond donors (Lipinski definition) is 2. The maximum atomic E-state index is 11.5. The Morgan fingerprint density at radius 2 is 2.06 bits per heavy atom. The van der Waals surface area contributed by atoms with Gasteiger partial charge in [-0.1, -0.05) is 37.2 Å². The number of hydroxylamine groups is 2. The molecule has 1 aromatic heterocycles. The molecule has 0 aliphatic rings. The third kappa shape index (κ3) is 3.70. The van der Waals surface area contributed by atoms with Gasteiger partial charge in [0.25, 0.3) is 0 Å². The average Bonchev–Trinajstić information content (AvgIpc) is 2.13. The van der Waals surface area contributed by atoms with Crippen LogP contribution in [0.5, 0.6) is 0 Å². The van der Waals surface area contributed by atoms with Crippen LogP contribution in [-0.2, 0) is 0 Å². The van der Waals surface area contributed by atoms with E-state index in [-0.39, 0.29) is 16.5 Å². The molecule has 5 nitrogen and oxygen atoms in total. The first kappa shape index (κ1) is 15.0. The molecule has 0 aliphatic heterocycles. The fourth-order valence-electron chi connectivity index (χ4n) is 1.15. The summed E-state index contributed by atoms with van der Waals surface area (Å²) in [5.74, 6) is 3.02. The number of nitrogen functional groups attached to an aromatic ring is 1. The average molecular weight is 286 g/mol. The van der Waals surface area contributed by atoms with Gasteiger partial charge in [0.2, 0.25) is 5.69 Å². The molecule has 0 radical (unpaired) electrons. The van der Waals surface area contributed by atoms with E-state index in [4.69, 9.17) is 17.3 Å². The van der Waals surface area contributed by atoms with Crippen LogP contribution in [0.3, 0.4) is 0 Å². The highest BCUT2D eigenvalue weighted by Gasteiger charge is 2.21. The molecular formula is C11H16ClN3O2Si. The minimum absolute atomic E-state index is 0.0493. The Labute approximate surface area is 112 Å². The monoisotopic (exact) mass is 285 g/mol. The molecule has 1 aromatic rings. The number of anilines is 1. The van der Waals surface area contributed by atoms with Crippen molar-refractivity contribution in [3.05, 3.63) is 22.0 Å². The van der Waals surface area contributed by atoms with Crippen LogP contribution in [0.15, 0.2) is 6.20 Å². The second-order valence-corrected chi connectivity index (χ2v) is 10.2. The molecule has 7 heteroatoms. The molecule has 1 atom stereocenters. The number of nitrogens with zero attached hydrogens (tertiary/aromatic N) is 2. The van der Waals surface area contributed by atoms with Crippen molar-refractivity contribution < 1.29 is 5.21 Å². The summed E-state index contributed by atoms with van der Waals surface area (Å²) in [7, 11) is -0.561. The van der Waals surface area contributed by atoms with Gasteiger partial charge in [0, 0.05) is 0 Å². The Hall–Kier alpha value is -1.10. The first-order chi connectivity index (χ1) is 8.02. The maximum Gasteiger partial charge on any atom is 0.204 e. The molecule has 0 fully saturated rings. The Bertz CT molecular complexity index is 524. The van der Waals surface area contributed by atoms with Crippen LogP contribution in [-0.4, -0.2) is 25.3 Å². The highest BCUT2D eigenvalue weighted by atomic mass is 35.5. The largest absolute Gasteiger partial charge is 0.593 e. The van der Waals surface area contributed by atoms with Crippen molar-refractivity contribution in [1.82, 2.24) is 9.79 Å². The van der Waals surface area contributed by atoms with E-state index >= 15 is 0 Å². The van der Waals surface area contributed by atoms with E-state index in [1.165, 1.54) is 0 Å². The van der Waals surface area contributed by atoms with Crippen molar-refractivity contribution in [2.24, 2.45) is 0 Å². The second kappa shape index (κ2) is 4.88. The topological polar surface area (TPSA) is 82.2 Å². The molecular weight excluding hydrogens is 270 g/mol. The van der Waals surface area contributed by atoms with Gasteiger partial charge in [0.05, 0.1) is 11.8 Å². The maximum absolute atomic E-state index is 11.5. The van der Waals surface area contributed by atoms with E-state index in [1.807, 2.05) is 0 Å². The van der Waals surface area contributed by atoms with Gasteiger partial charge in [0.1, 0.15) is 26.0 Å². The van der Waals surface area contributed by atoms with Crippen LogP contribution in [0.1, 0.15) is 5.56 Å². The fourth-order valence-corrected chi connectivity index (χ4v) is 2.00. The summed E-state index contributed by atoms with van der Waals surface area (Å²) in [5, 5.41) is 20.9. The lowest BCUT2D eigenvalue weighted by Gasteiger charge is -2.28. The van der Waals surface area contributed by atoms with Crippen molar-refractivity contribution >= 4 is 31.2 Å². The lowest BCUT2D eigenvalue weighted by molar-refractivity contribution is -0.00456. The number of hydrogen-bond acceptors (Lipinski definition) is 4. The smallest absolute Gasteiger partial charge is 0.204 e. The summed E-state index contributed by atoms with van der Waals surface area (Å²) >= 11 is 6.04. The van der Waals surface area contributed by atoms with Gasteiger partial charge in [-0.2, -0.15) is 4.81 Å². The van der Waals surface area contributed by atoms with Gasteiger partial charge in [-0.15, -0.1) is 5.54 Å². The lowest BCUT2D eigenvalue weighted by Crippen LogP contribution is -2.34. The zero-order valence-electron chi connectivity index (χ0n) is 10.8. The van der Waals surface area contributed by atoms with Gasteiger partial charge in [-0.3, -0.25) is 0 Å². The minimum atomic E-state index is -1.66. The Morgan fingerprint density at radius 3 is 2.50 bits per heavy atom. The number of halogens is 1. The first-order valence-corrected chi connectivity index (χ1v) is 9.18. The zero-order valence-corrected chi connectivity index (χ0v) is 12.5. The molecule has 0 aromatic carbocycles. The van der Waals surface area contributed by atoms with Crippen LogP contribution in [0, 0.1) is 16.7 Å². The summed E-state index contributed by atoms with van der Waals surface area (Å²) in [4.78, 5) is 2.18. The summed E-state index contributed by atoms with van der Waals surface area (Å²) in [6, 6.07) is 0. The molecule has 0 aliphatic carbocycles. The third-order valence-electron chi connectivity index (χ3n) is 2.04. The van der Waals surface area contributed by atoms with E-state index in [2.05, 4.69) is 36.1 Å². The Balaban J connectivity index is 3.40. The highest BCUT2D eigenvalue weighted by Crippen LogP contribution is 2.32. The van der Waals surface area contributed by atoms with E-state index in [1.54, 1.807) is 0 Å². The molecule has 1 rings (SSSR count). The molecule has 0 bridgehead atoms. The molecule has 3 N–H and O–H groups in total.